The first-order valence-corrected chi connectivity index (χ1v) is 6.53. The normalized spacial score (nSPS) is 15.8. The first-order valence-electron chi connectivity index (χ1n) is 5.38. The molecule has 90 valence electrons. The largest absolute Gasteiger partial charge is 0.329 e. The third-order valence-corrected chi connectivity index (χ3v) is 3.85. The van der Waals surface area contributed by atoms with E-state index >= 15 is 0 Å². The fraction of sp³-hybridized carbons (Fsp3) is 0.500. The van der Waals surface area contributed by atoms with E-state index in [1.807, 2.05) is 51.1 Å². The molecule has 0 bridgehead atoms. The summed E-state index contributed by atoms with van der Waals surface area (Å²) in [7, 11) is -1.10. The number of benzene rings is 1. The topological polar surface area (TPSA) is 55.1 Å². The Balaban J connectivity index is 2.75. The van der Waals surface area contributed by atoms with Crippen LogP contribution in [-0.2, 0) is 11.0 Å². The van der Waals surface area contributed by atoms with Gasteiger partial charge in [0.15, 0.2) is 0 Å². The van der Waals surface area contributed by atoms with Crippen molar-refractivity contribution in [3.8, 4) is 0 Å². The fourth-order valence-electron chi connectivity index (χ4n) is 1.24. The molecule has 16 heavy (non-hydrogen) atoms. The van der Waals surface area contributed by atoms with E-state index in [0.717, 1.165) is 5.56 Å². The third kappa shape index (κ3) is 3.70. The third-order valence-electron chi connectivity index (χ3n) is 2.24. The van der Waals surface area contributed by atoms with Crippen molar-refractivity contribution in [2.75, 3.05) is 6.54 Å². The molecule has 0 fully saturated rings. The van der Waals surface area contributed by atoms with Crippen LogP contribution < -0.4 is 10.5 Å². The van der Waals surface area contributed by atoms with Gasteiger partial charge < -0.3 is 5.73 Å². The highest BCUT2D eigenvalue weighted by Gasteiger charge is 2.22. The minimum absolute atomic E-state index is 0.0544. The molecule has 1 unspecified atom stereocenters. The van der Waals surface area contributed by atoms with Crippen LogP contribution in [0.4, 0.5) is 0 Å². The minimum atomic E-state index is -1.10. The van der Waals surface area contributed by atoms with E-state index in [1.165, 1.54) is 0 Å². The molecule has 0 saturated carbocycles. The highest BCUT2D eigenvalue weighted by molar-refractivity contribution is 7.84. The Morgan fingerprint density at radius 1 is 1.31 bits per heavy atom. The predicted octanol–water partition coefficient (Wildman–Crippen LogP) is 1.74. The summed E-state index contributed by atoms with van der Waals surface area (Å²) in [5, 5.41) is 0. The Kier molecular flexibility index (Phi) is 4.65. The van der Waals surface area contributed by atoms with Gasteiger partial charge in [0.2, 0.25) is 0 Å². The zero-order valence-corrected chi connectivity index (χ0v) is 10.9. The fourth-order valence-corrected chi connectivity index (χ4v) is 2.09. The molecule has 1 rings (SSSR count). The molecular formula is C12H20N2OS. The molecule has 3 N–H and O–H groups in total. The number of nitrogens with two attached hydrogens (primary N) is 1. The molecule has 2 atom stereocenters. The van der Waals surface area contributed by atoms with E-state index in [4.69, 9.17) is 5.73 Å². The van der Waals surface area contributed by atoms with Gasteiger partial charge in [-0.3, -0.25) is 0 Å². The van der Waals surface area contributed by atoms with Crippen LogP contribution in [-0.4, -0.2) is 15.5 Å². The van der Waals surface area contributed by atoms with E-state index in [9.17, 15) is 4.21 Å². The standard InChI is InChI=1S/C12H20N2OS/c1-12(2,3)16(15)14-11(9-13)10-7-5-4-6-8-10/h4-8,11,14H,9,13H2,1-3H3/t11-,16?/m1/s1. The molecule has 1 aromatic rings. The maximum absolute atomic E-state index is 12.0. The second-order valence-corrected chi connectivity index (χ2v) is 6.70. The van der Waals surface area contributed by atoms with Gasteiger partial charge in [-0.15, -0.1) is 0 Å². The Bertz CT molecular complexity index is 346. The first kappa shape index (κ1) is 13.4. The van der Waals surface area contributed by atoms with Gasteiger partial charge in [-0.25, -0.2) is 8.93 Å². The van der Waals surface area contributed by atoms with Gasteiger partial charge >= 0.3 is 0 Å². The van der Waals surface area contributed by atoms with Crippen molar-refractivity contribution in [1.29, 1.82) is 0 Å². The van der Waals surface area contributed by atoms with Crippen LogP contribution in [0.15, 0.2) is 30.3 Å². The Labute approximate surface area is 100 Å². The molecule has 1 aromatic carbocycles. The molecule has 3 nitrogen and oxygen atoms in total. The molecule has 0 amide bonds. The second kappa shape index (κ2) is 5.57. The quantitative estimate of drug-likeness (QED) is 0.842. The average Bonchev–Trinajstić information content (AvgIpc) is 2.25. The summed E-state index contributed by atoms with van der Waals surface area (Å²) in [6.07, 6.45) is 0. The van der Waals surface area contributed by atoms with Crippen molar-refractivity contribution >= 4 is 11.0 Å². The monoisotopic (exact) mass is 240 g/mol. The van der Waals surface area contributed by atoms with Crippen LogP contribution >= 0.6 is 0 Å². The molecule has 0 aromatic heterocycles. The van der Waals surface area contributed by atoms with E-state index < -0.39 is 11.0 Å². The van der Waals surface area contributed by atoms with E-state index in [0.29, 0.717) is 6.54 Å². The summed E-state index contributed by atoms with van der Waals surface area (Å²) < 4.78 is 14.7. The highest BCUT2D eigenvalue weighted by atomic mass is 32.2. The van der Waals surface area contributed by atoms with E-state index in [1.54, 1.807) is 0 Å². The Morgan fingerprint density at radius 2 is 1.88 bits per heavy atom. The lowest BCUT2D eigenvalue weighted by molar-refractivity contribution is 0.602. The zero-order chi connectivity index (χ0) is 12.2. The predicted molar refractivity (Wildman–Crippen MR) is 69.3 cm³/mol. The summed E-state index contributed by atoms with van der Waals surface area (Å²) in [5.74, 6) is 0. The van der Waals surface area contributed by atoms with Gasteiger partial charge in [0.25, 0.3) is 0 Å². The summed E-state index contributed by atoms with van der Waals surface area (Å²) >= 11 is 0. The molecule has 0 aliphatic carbocycles. The van der Waals surface area contributed by atoms with E-state index in [2.05, 4.69) is 4.72 Å². The van der Waals surface area contributed by atoms with E-state index in [-0.39, 0.29) is 10.8 Å². The van der Waals surface area contributed by atoms with Crippen molar-refractivity contribution < 1.29 is 4.21 Å². The number of hydrogen-bond acceptors (Lipinski definition) is 2. The van der Waals surface area contributed by atoms with Crippen molar-refractivity contribution in [2.45, 2.75) is 31.6 Å². The number of nitrogens with one attached hydrogen (secondary N) is 1. The molecule has 0 aliphatic rings. The van der Waals surface area contributed by atoms with Gasteiger partial charge in [0.05, 0.1) is 21.8 Å². The Morgan fingerprint density at radius 3 is 2.31 bits per heavy atom. The van der Waals surface area contributed by atoms with Crippen molar-refractivity contribution in [2.24, 2.45) is 5.73 Å². The summed E-state index contributed by atoms with van der Waals surface area (Å²) in [5.41, 5.74) is 6.77. The summed E-state index contributed by atoms with van der Waals surface area (Å²) in [6.45, 7) is 6.25. The second-order valence-electron chi connectivity index (χ2n) is 4.70. The van der Waals surface area contributed by atoms with Crippen LogP contribution in [0.25, 0.3) is 0 Å². The summed E-state index contributed by atoms with van der Waals surface area (Å²) in [6, 6.07) is 9.80. The lowest BCUT2D eigenvalue weighted by atomic mass is 10.1. The van der Waals surface area contributed by atoms with Gasteiger partial charge in [-0.05, 0) is 26.3 Å². The highest BCUT2D eigenvalue weighted by Crippen LogP contribution is 2.16. The van der Waals surface area contributed by atoms with Crippen LogP contribution in [0.3, 0.4) is 0 Å². The average molecular weight is 240 g/mol. The van der Waals surface area contributed by atoms with Crippen LogP contribution in [0.2, 0.25) is 0 Å². The maximum Gasteiger partial charge on any atom is 0.0976 e. The maximum atomic E-state index is 12.0. The number of hydrogen-bond donors (Lipinski definition) is 2. The number of rotatable bonds is 4. The van der Waals surface area contributed by atoms with Crippen molar-refractivity contribution in [3.05, 3.63) is 35.9 Å². The molecule has 0 saturated heterocycles. The smallest absolute Gasteiger partial charge is 0.0976 e. The van der Waals surface area contributed by atoms with Gasteiger partial charge in [0.1, 0.15) is 0 Å². The molecule has 4 heteroatoms. The van der Waals surface area contributed by atoms with Gasteiger partial charge in [-0.2, -0.15) is 0 Å². The van der Waals surface area contributed by atoms with Crippen molar-refractivity contribution in [3.63, 3.8) is 0 Å². The minimum Gasteiger partial charge on any atom is -0.329 e. The van der Waals surface area contributed by atoms with Crippen LogP contribution in [0.1, 0.15) is 32.4 Å². The Hall–Kier alpha value is -0.710. The molecule has 0 heterocycles. The zero-order valence-electron chi connectivity index (χ0n) is 10.1. The molecular weight excluding hydrogens is 220 g/mol. The van der Waals surface area contributed by atoms with Gasteiger partial charge in [-0.1, -0.05) is 30.3 Å². The lowest BCUT2D eigenvalue weighted by Crippen LogP contribution is -2.38. The lowest BCUT2D eigenvalue weighted by Gasteiger charge is -2.23. The summed E-state index contributed by atoms with van der Waals surface area (Å²) in [4.78, 5) is 0. The molecule has 0 radical (unpaired) electrons. The van der Waals surface area contributed by atoms with Crippen molar-refractivity contribution in [1.82, 2.24) is 4.72 Å². The van der Waals surface area contributed by atoms with Gasteiger partial charge in [0, 0.05) is 6.54 Å². The molecule has 0 spiro atoms. The molecule has 0 aliphatic heterocycles. The first-order chi connectivity index (χ1) is 7.45. The SMILES string of the molecule is CC(C)(C)S(=O)N[C@H](CN)c1ccccc1. The van der Waals surface area contributed by atoms with Crippen LogP contribution in [0.5, 0.6) is 0 Å². The van der Waals surface area contributed by atoms with Crippen LogP contribution in [0, 0.1) is 0 Å².